The van der Waals surface area contributed by atoms with Gasteiger partial charge in [-0.25, -0.2) is 0 Å². The Balaban J connectivity index is 2.23. The number of oxime groups is 1. The number of nitrogens with two attached hydrogens (primary N) is 1. The van der Waals surface area contributed by atoms with Gasteiger partial charge in [0.15, 0.2) is 5.84 Å². The van der Waals surface area contributed by atoms with Crippen LogP contribution in [0.15, 0.2) is 23.5 Å². The Labute approximate surface area is 114 Å². The Morgan fingerprint density at radius 2 is 2.16 bits per heavy atom. The van der Waals surface area contributed by atoms with E-state index in [0.717, 1.165) is 12.1 Å². The van der Waals surface area contributed by atoms with Gasteiger partial charge in [-0.3, -0.25) is 9.88 Å². The fourth-order valence-electron chi connectivity index (χ4n) is 2.83. The third-order valence-electron chi connectivity index (χ3n) is 3.97. The van der Waals surface area contributed by atoms with Crippen molar-refractivity contribution in [2.24, 2.45) is 10.9 Å². The number of rotatable bonds is 3. The van der Waals surface area contributed by atoms with Gasteiger partial charge in [-0.15, -0.1) is 0 Å². The molecule has 2 atom stereocenters. The molecule has 5 nitrogen and oxygen atoms in total. The lowest BCUT2D eigenvalue weighted by Gasteiger charge is -2.39. The molecule has 0 radical (unpaired) electrons. The van der Waals surface area contributed by atoms with E-state index in [1.807, 2.05) is 12.1 Å². The minimum absolute atomic E-state index is 0.0768. The zero-order chi connectivity index (χ0) is 13.8. The molecule has 104 valence electrons. The normalized spacial score (nSPS) is 25.5. The maximum Gasteiger partial charge on any atom is 0.189 e. The van der Waals surface area contributed by atoms with Crippen molar-refractivity contribution < 1.29 is 5.21 Å². The number of nitrogens with zero attached hydrogens (tertiary/aromatic N) is 3. The van der Waals surface area contributed by atoms with Gasteiger partial charge in [-0.1, -0.05) is 17.6 Å². The summed E-state index contributed by atoms with van der Waals surface area (Å²) in [6.07, 6.45) is 5.41. The zero-order valence-corrected chi connectivity index (χ0v) is 11.6. The first-order valence-corrected chi connectivity index (χ1v) is 6.81. The SMILES string of the molecule is CC1CCCC(C)N1Cc1cccnc1C(N)=NO. The van der Waals surface area contributed by atoms with Crippen molar-refractivity contribution in [2.45, 2.75) is 51.7 Å². The lowest BCUT2D eigenvalue weighted by atomic mass is 9.96. The lowest BCUT2D eigenvalue weighted by Crippen LogP contribution is -2.43. The molecule has 1 aromatic rings. The summed E-state index contributed by atoms with van der Waals surface area (Å²) in [6.45, 7) is 5.31. The maximum absolute atomic E-state index is 8.83. The van der Waals surface area contributed by atoms with Gasteiger partial charge in [-0.2, -0.15) is 0 Å². The molecule has 2 unspecified atom stereocenters. The van der Waals surface area contributed by atoms with Crippen LogP contribution in [0.3, 0.4) is 0 Å². The standard InChI is InChI=1S/C14H22N4O/c1-10-5-3-6-11(2)18(10)9-12-7-4-8-16-13(12)14(15)17-19/h4,7-8,10-11,19H,3,5-6,9H2,1-2H3,(H2,15,17). The van der Waals surface area contributed by atoms with Gasteiger partial charge in [0.1, 0.15) is 5.69 Å². The predicted molar refractivity (Wildman–Crippen MR) is 75.1 cm³/mol. The van der Waals surface area contributed by atoms with Crippen LogP contribution in [0.1, 0.15) is 44.4 Å². The zero-order valence-electron chi connectivity index (χ0n) is 11.6. The van der Waals surface area contributed by atoms with E-state index < -0.39 is 0 Å². The van der Waals surface area contributed by atoms with Crippen molar-refractivity contribution in [1.29, 1.82) is 0 Å². The van der Waals surface area contributed by atoms with E-state index in [-0.39, 0.29) is 5.84 Å². The second-order valence-electron chi connectivity index (χ2n) is 5.30. The van der Waals surface area contributed by atoms with Crippen LogP contribution in [0.5, 0.6) is 0 Å². The second kappa shape index (κ2) is 6.02. The molecule has 3 N–H and O–H groups in total. The Hall–Kier alpha value is -1.62. The monoisotopic (exact) mass is 262 g/mol. The molecule has 0 aromatic carbocycles. The predicted octanol–water partition coefficient (Wildman–Crippen LogP) is 1.94. The van der Waals surface area contributed by atoms with E-state index in [1.54, 1.807) is 6.20 Å². The summed E-state index contributed by atoms with van der Waals surface area (Å²) in [5, 5.41) is 11.9. The third kappa shape index (κ3) is 3.04. The number of aromatic nitrogens is 1. The van der Waals surface area contributed by atoms with Crippen LogP contribution < -0.4 is 5.73 Å². The Morgan fingerprint density at radius 1 is 1.47 bits per heavy atom. The Bertz CT molecular complexity index is 451. The van der Waals surface area contributed by atoms with E-state index in [2.05, 4.69) is 28.9 Å². The number of hydrogen-bond acceptors (Lipinski definition) is 4. The molecule has 1 saturated heterocycles. The molecular formula is C14H22N4O. The number of piperidine rings is 1. The lowest BCUT2D eigenvalue weighted by molar-refractivity contribution is 0.0951. The highest BCUT2D eigenvalue weighted by Crippen LogP contribution is 2.25. The van der Waals surface area contributed by atoms with Crippen LogP contribution in [0.25, 0.3) is 0 Å². The summed E-state index contributed by atoms with van der Waals surface area (Å²) < 4.78 is 0. The Morgan fingerprint density at radius 3 is 2.79 bits per heavy atom. The van der Waals surface area contributed by atoms with Crippen LogP contribution in [-0.4, -0.2) is 33.0 Å². The number of likely N-dealkylation sites (tertiary alicyclic amines) is 1. The van der Waals surface area contributed by atoms with Crippen molar-refractivity contribution in [3.63, 3.8) is 0 Å². The van der Waals surface area contributed by atoms with Crippen molar-refractivity contribution in [1.82, 2.24) is 9.88 Å². The highest BCUT2D eigenvalue weighted by atomic mass is 16.4. The fraction of sp³-hybridized carbons (Fsp3) is 0.571. The fourth-order valence-corrected chi connectivity index (χ4v) is 2.83. The molecule has 2 heterocycles. The quantitative estimate of drug-likeness (QED) is 0.378. The highest BCUT2D eigenvalue weighted by Gasteiger charge is 2.25. The highest BCUT2D eigenvalue weighted by molar-refractivity contribution is 5.96. The van der Waals surface area contributed by atoms with Gasteiger partial charge >= 0.3 is 0 Å². The van der Waals surface area contributed by atoms with Gasteiger partial charge in [-0.05, 0) is 38.3 Å². The second-order valence-corrected chi connectivity index (χ2v) is 5.30. The Kier molecular flexibility index (Phi) is 4.37. The summed E-state index contributed by atoms with van der Waals surface area (Å²) in [4.78, 5) is 6.69. The van der Waals surface area contributed by atoms with Gasteiger partial charge < -0.3 is 10.9 Å². The summed E-state index contributed by atoms with van der Waals surface area (Å²) >= 11 is 0. The van der Waals surface area contributed by atoms with Crippen LogP contribution in [0, 0.1) is 0 Å². The molecule has 1 aliphatic heterocycles. The topological polar surface area (TPSA) is 74.7 Å². The van der Waals surface area contributed by atoms with E-state index in [1.165, 1.54) is 19.3 Å². The van der Waals surface area contributed by atoms with Crippen molar-refractivity contribution >= 4 is 5.84 Å². The van der Waals surface area contributed by atoms with Crippen LogP contribution >= 0.6 is 0 Å². The summed E-state index contributed by atoms with van der Waals surface area (Å²) in [6, 6.07) is 5.00. The van der Waals surface area contributed by atoms with E-state index in [4.69, 9.17) is 10.9 Å². The van der Waals surface area contributed by atoms with Crippen molar-refractivity contribution in [3.05, 3.63) is 29.6 Å². The van der Waals surface area contributed by atoms with E-state index in [0.29, 0.717) is 17.8 Å². The number of amidine groups is 1. The molecule has 1 fully saturated rings. The molecule has 19 heavy (non-hydrogen) atoms. The van der Waals surface area contributed by atoms with Crippen LogP contribution in [-0.2, 0) is 6.54 Å². The van der Waals surface area contributed by atoms with Gasteiger partial charge in [0.25, 0.3) is 0 Å². The molecule has 0 bridgehead atoms. The molecule has 0 spiro atoms. The van der Waals surface area contributed by atoms with Crippen molar-refractivity contribution in [2.75, 3.05) is 0 Å². The average Bonchev–Trinajstić information content (AvgIpc) is 2.42. The van der Waals surface area contributed by atoms with E-state index >= 15 is 0 Å². The average molecular weight is 262 g/mol. The van der Waals surface area contributed by atoms with Crippen LogP contribution in [0.4, 0.5) is 0 Å². The van der Waals surface area contributed by atoms with Gasteiger partial charge in [0.05, 0.1) is 0 Å². The van der Waals surface area contributed by atoms with E-state index in [9.17, 15) is 0 Å². The molecule has 0 saturated carbocycles. The molecule has 1 aromatic heterocycles. The third-order valence-corrected chi connectivity index (χ3v) is 3.97. The molecule has 5 heteroatoms. The first-order valence-electron chi connectivity index (χ1n) is 6.81. The smallest absolute Gasteiger partial charge is 0.189 e. The van der Waals surface area contributed by atoms with Crippen molar-refractivity contribution in [3.8, 4) is 0 Å². The van der Waals surface area contributed by atoms with Crippen LogP contribution in [0.2, 0.25) is 0 Å². The first-order chi connectivity index (χ1) is 9.13. The molecular weight excluding hydrogens is 240 g/mol. The summed E-state index contributed by atoms with van der Waals surface area (Å²) in [5.74, 6) is 0.0768. The maximum atomic E-state index is 8.83. The minimum Gasteiger partial charge on any atom is -0.409 e. The molecule has 2 rings (SSSR count). The largest absolute Gasteiger partial charge is 0.409 e. The molecule has 1 aliphatic rings. The molecule has 0 aliphatic carbocycles. The summed E-state index contributed by atoms with van der Waals surface area (Å²) in [7, 11) is 0. The van der Waals surface area contributed by atoms with Gasteiger partial charge in [0, 0.05) is 24.8 Å². The number of hydrogen-bond donors (Lipinski definition) is 2. The summed E-state index contributed by atoms with van der Waals surface area (Å²) in [5.41, 5.74) is 7.28. The molecule has 0 amide bonds. The number of pyridine rings is 1. The first kappa shape index (κ1) is 13.8. The minimum atomic E-state index is 0.0768. The van der Waals surface area contributed by atoms with Gasteiger partial charge in [0.2, 0.25) is 0 Å².